The molecule has 1 atom stereocenters. The third-order valence-corrected chi connectivity index (χ3v) is 2.16. The number of benzene rings is 1. The number of hydrogen-bond acceptors (Lipinski definition) is 2. The van der Waals surface area contributed by atoms with Gasteiger partial charge in [0.1, 0.15) is 5.75 Å². The maximum absolute atomic E-state index is 9.56. The molecule has 0 bridgehead atoms. The van der Waals surface area contributed by atoms with E-state index in [1.54, 1.807) is 26.0 Å². The summed E-state index contributed by atoms with van der Waals surface area (Å²) in [5.74, 6) is 0.253. The Labute approximate surface area is 83.4 Å². The van der Waals surface area contributed by atoms with E-state index in [2.05, 4.69) is 4.85 Å². The molecule has 0 aliphatic rings. The summed E-state index contributed by atoms with van der Waals surface area (Å²) in [5.41, 5.74) is 2.14. The number of aryl methyl sites for hydroxylation is 2. The van der Waals surface area contributed by atoms with E-state index in [1.807, 2.05) is 0 Å². The third kappa shape index (κ3) is 2.04. The highest BCUT2D eigenvalue weighted by Crippen LogP contribution is 2.26. The number of nitrogens with zero attached hydrogens (tertiary/aromatic N) is 1. The second-order valence-corrected chi connectivity index (χ2v) is 3.36. The molecule has 14 heavy (non-hydrogen) atoms. The van der Waals surface area contributed by atoms with Crippen molar-refractivity contribution in [2.24, 2.45) is 0 Å². The number of phenolic OH excluding ortho intramolecular Hbond substituents is 1. The molecule has 0 saturated carbocycles. The molecule has 3 nitrogen and oxygen atoms in total. The van der Waals surface area contributed by atoms with Crippen LogP contribution in [0.4, 0.5) is 0 Å². The van der Waals surface area contributed by atoms with Gasteiger partial charge in [0, 0.05) is 0 Å². The standard InChI is InChI=1S/C11H13NO2/c1-7-4-9(10(13)6-12-3)5-8(2)11(7)14/h4-5,10,13-14H,6H2,1-2H3. The molecule has 0 heterocycles. The lowest BCUT2D eigenvalue weighted by Gasteiger charge is -2.09. The molecule has 3 heteroatoms. The first kappa shape index (κ1) is 10.6. The van der Waals surface area contributed by atoms with Crippen LogP contribution in [0, 0.1) is 20.4 Å². The molecular formula is C11H13NO2. The highest BCUT2D eigenvalue weighted by molar-refractivity contribution is 5.42. The molecule has 0 aliphatic heterocycles. The predicted octanol–water partition coefficient (Wildman–Crippen LogP) is 1.96. The molecule has 0 aromatic heterocycles. The fraction of sp³-hybridized carbons (Fsp3) is 0.364. The van der Waals surface area contributed by atoms with E-state index in [1.165, 1.54) is 0 Å². The van der Waals surface area contributed by atoms with Gasteiger partial charge >= 0.3 is 0 Å². The van der Waals surface area contributed by atoms with Gasteiger partial charge in [0.2, 0.25) is 6.54 Å². The number of phenols is 1. The normalized spacial score (nSPS) is 12.1. The van der Waals surface area contributed by atoms with Gasteiger partial charge in [-0.1, -0.05) is 0 Å². The summed E-state index contributed by atoms with van der Waals surface area (Å²) in [7, 11) is 0. The zero-order valence-corrected chi connectivity index (χ0v) is 8.28. The van der Waals surface area contributed by atoms with Gasteiger partial charge in [0.25, 0.3) is 0 Å². The van der Waals surface area contributed by atoms with Crippen molar-refractivity contribution in [3.8, 4) is 5.75 Å². The van der Waals surface area contributed by atoms with Crippen LogP contribution in [0.25, 0.3) is 4.85 Å². The monoisotopic (exact) mass is 191 g/mol. The van der Waals surface area contributed by atoms with Crippen molar-refractivity contribution in [3.05, 3.63) is 40.2 Å². The molecule has 1 unspecified atom stereocenters. The SMILES string of the molecule is [C-]#[N+]CC(O)c1cc(C)c(O)c(C)c1. The first-order valence-corrected chi connectivity index (χ1v) is 4.37. The van der Waals surface area contributed by atoms with E-state index in [0.29, 0.717) is 5.56 Å². The van der Waals surface area contributed by atoms with E-state index in [0.717, 1.165) is 11.1 Å². The average Bonchev–Trinajstić information content (AvgIpc) is 2.13. The quantitative estimate of drug-likeness (QED) is 0.702. The molecule has 1 aromatic rings. The summed E-state index contributed by atoms with van der Waals surface area (Å²) in [6.45, 7) is 10.3. The minimum Gasteiger partial charge on any atom is -0.507 e. The van der Waals surface area contributed by atoms with Crippen LogP contribution in [0.3, 0.4) is 0 Å². The van der Waals surface area contributed by atoms with Crippen LogP contribution >= 0.6 is 0 Å². The number of hydrogen-bond donors (Lipinski definition) is 2. The van der Waals surface area contributed by atoms with Gasteiger partial charge in [-0.2, -0.15) is 0 Å². The lowest BCUT2D eigenvalue weighted by molar-refractivity contribution is 0.195. The van der Waals surface area contributed by atoms with Gasteiger partial charge in [0.15, 0.2) is 6.10 Å². The summed E-state index contributed by atoms with van der Waals surface area (Å²) in [6, 6.07) is 3.41. The summed E-state index contributed by atoms with van der Waals surface area (Å²) in [5, 5.41) is 19.1. The Morgan fingerprint density at radius 3 is 2.29 bits per heavy atom. The zero-order valence-electron chi connectivity index (χ0n) is 8.28. The molecule has 0 fully saturated rings. The van der Waals surface area contributed by atoms with Gasteiger partial charge in [0.05, 0.1) is 0 Å². The van der Waals surface area contributed by atoms with Crippen molar-refractivity contribution in [2.75, 3.05) is 6.54 Å². The van der Waals surface area contributed by atoms with Crippen LogP contribution < -0.4 is 0 Å². The lowest BCUT2D eigenvalue weighted by Crippen LogP contribution is -2.01. The van der Waals surface area contributed by atoms with Crippen molar-refractivity contribution in [3.63, 3.8) is 0 Å². The topological polar surface area (TPSA) is 44.8 Å². The highest BCUT2D eigenvalue weighted by atomic mass is 16.3. The smallest absolute Gasteiger partial charge is 0.244 e. The van der Waals surface area contributed by atoms with Crippen molar-refractivity contribution in [1.82, 2.24) is 0 Å². The second kappa shape index (κ2) is 4.12. The van der Waals surface area contributed by atoms with Crippen LogP contribution in [-0.2, 0) is 0 Å². The van der Waals surface area contributed by atoms with Gasteiger partial charge < -0.3 is 15.1 Å². The first-order chi connectivity index (χ1) is 6.56. The fourth-order valence-electron chi connectivity index (χ4n) is 1.37. The molecule has 0 spiro atoms. The maximum atomic E-state index is 9.56. The number of aromatic hydroxyl groups is 1. The van der Waals surface area contributed by atoms with Gasteiger partial charge in [-0.15, -0.1) is 0 Å². The number of aliphatic hydroxyl groups excluding tert-OH is 1. The second-order valence-electron chi connectivity index (χ2n) is 3.36. The largest absolute Gasteiger partial charge is 0.507 e. The van der Waals surface area contributed by atoms with E-state index < -0.39 is 6.10 Å². The van der Waals surface area contributed by atoms with Crippen molar-refractivity contribution >= 4 is 0 Å². The molecule has 74 valence electrons. The maximum Gasteiger partial charge on any atom is 0.244 e. The number of rotatable bonds is 2. The van der Waals surface area contributed by atoms with Gasteiger partial charge in [-0.05, 0) is 42.7 Å². The lowest BCUT2D eigenvalue weighted by atomic mass is 10.0. The van der Waals surface area contributed by atoms with Crippen molar-refractivity contribution in [1.29, 1.82) is 0 Å². The first-order valence-electron chi connectivity index (χ1n) is 4.37. The van der Waals surface area contributed by atoms with Crippen LogP contribution in [0.15, 0.2) is 12.1 Å². The Morgan fingerprint density at radius 1 is 1.36 bits per heavy atom. The minimum absolute atomic E-state index is 0.0592. The predicted molar refractivity (Wildman–Crippen MR) is 54.0 cm³/mol. The van der Waals surface area contributed by atoms with Gasteiger partial charge in [-0.3, -0.25) is 0 Å². The molecule has 0 amide bonds. The molecule has 0 radical (unpaired) electrons. The summed E-state index contributed by atoms with van der Waals surface area (Å²) >= 11 is 0. The minimum atomic E-state index is -0.759. The van der Waals surface area contributed by atoms with Crippen molar-refractivity contribution in [2.45, 2.75) is 20.0 Å². The Morgan fingerprint density at radius 2 is 1.86 bits per heavy atom. The summed E-state index contributed by atoms with van der Waals surface area (Å²) in [6.07, 6.45) is -0.759. The third-order valence-electron chi connectivity index (χ3n) is 2.16. The number of aliphatic hydroxyl groups is 1. The fourth-order valence-corrected chi connectivity index (χ4v) is 1.37. The van der Waals surface area contributed by atoms with Crippen molar-refractivity contribution < 1.29 is 10.2 Å². The van der Waals surface area contributed by atoms with E-state index in [-0.39, 0.29) is 12.3 Å². The van der Waals surface area contributed by atoms with E-state index in [4.69, 9.17) is 6.57 Å². The Balaban J connectivity index is 3.07. The van der Waals surface area contributed by atoms with Gasteiger partial charge in [-0.25, -0.2) is 6.57 Å². The molecule has 0 aliphatic carbocycles. The average molecular weight is 191 g/mol. The molecule has 2 N–H and O–H groups in total. The molecule has 1 aromatic carbocycles. The highest BCUT2D eigenvalue weighted by Gasteiger charge is 2.12. The van der Waals surface area contributed by atoms with Crippen LogP contribution in [-0.4, -0.2) is 16.8 Å². The molecule has 1 rings (SSSR count). The van der Waals surface area contributed by atoms with E-state index in [9.17, 15) is 10.2 Å². The summed E-state index contributed by atoms with van der Waals surface area (Å²) in [4.78, 5) is 3.13. The zero-order chi connectivity index (χ0) is 10.7. The Kier molecular flexibility index (Phi) is 3.10. The van der Waals surface area contributed by atoms with Crippen LogP contribution in [0.2, 0.25) is 0 Å². The Hall–Kier alpha value is -1.53. The molecule has 0 saturated heterocycles. The Bertz CT molecular complexity index is 356. The summed E-state index contributed by atoms with van der Waals surface area (Å²) < 4.78 is 0. The van der Waals surface area contributed by atoms with Crippen LogP contribution in [0.5, 0.6) is 5.75 Å². The van der Waals surface area contributed by atoms with Crippen LogP contribution in [0.1, 0.15) is 22.8 Å². The molecular weight excluding hydrogens is 178 g/mol. The van der Waals surface area contributed by atoms with E-state index >= 15 is 0 Å².